The van der Waals surface area contributed by atoms with Crippen LogP contribution in [0.4, 0.5) is 0 Å². The van der Waals surface area contributed by atoms with E-state index in [0.29, 0.717) is 5.56 Å². The van der Waals surface area contributed by atoms with Crippen molar-refractivity contribution in [2.45, 2.75) is 0 Å². The SMILES string of the molecule is NC(=O)c1ccc2c(c1)nc(-c1ccccc1)c1ccncc12. The normalized spacial score (nSPS) is 11.0. The fourth-order valence-electron chi connectivity index (χ4n) is 2.82. The molecule has 0 aliphatic carbocycles. The first-order chi connectivity index (χ1) is 11.2. The van der Waals surface area contributed by atoms with Crippen LogP contribution in [0.5, 0.6) is 0 Å². The molecule has 1 amide bonds. The van der Waals surface area contributed by atoms with Gasteiger partial charge in [0.05, 0.1) is 11.2 Å². The van der Waals surface area contributed by atoms with Crippen molar-refractivity contribution in [3.63, 3.8) is 0 Å². The predicted octanol–water partition coefficient (Wildman–Crippen LogP) is 3.55. The number of amides is 1. The van der Waals surface area contributed by atoms with E-state index in [1.165, 1.54) is 0 Å². The lowest BCUT2D eigenvalue weighted by Gasteiger charge is -2.10. The van der Waals surface area contributed by atoms with E-state index < -0.39 is 5.91 Å². The van der Waals surface area contributed by atoms with E-state index in [1.54, 1.807) is 18.3 Å². The Hall–Kier alpha value is -3.27. The summed E-state index contributed by atoms with van der Waals surface area (Å²) in [7, 11) is 0. The number of nitrogens with zero attached hydrogens (tertiary/aromatic N) is 2. The summed E-state index contributed by atoms with van der Waals surface area (Å²) < 4.78 is 0. The van der Waals surface area contributed by atoms with E-state index in [9.17, 15) is 4.79 Å². The molecule has 2 N–H and O–H groups in total. The number of primary amides is 1. The highest BCUT2D eigenvalue weighted by molar-refractivity contribution is 6.11. The van der Waals surface area contributed by atoms with Crippen LogP contribution in [0.25, 0.3) is 32.9 Å². The first kappa shape index (κ1) is 13.4. The fourth-order valence-corrected chi connectivity index (χ4v) is 2.82. The molecule has 0 unspecified atom stereocenters. The van der Waals surface area contributed by atoms with Crippen molar-refractivity contribution >= 4 is 27.6 Å². The third-order valence-electron chi connectivity index (χ3n) is 3.93. The zero-order chi connectivity index (χ0) is 15.8. The van der Waals surface area contributed by atoms with Crippen molar-refractivity contribution in [1.29, 1.82) is 0 Å². The summed E-state index contributed by atoms with van der Waals surface area (Å²) in [5.41, 5.74) is 8.47. The van der Waals surface area contributed by atoms with Crippen molar-refractivity contribution in [3.05, 3.63) is 72.6 Å². The van der Waals surface area contributed by atoms with Gasteiger partial charge in [-0.1, -0.05) is 36.4 Å². The molecule has 110 valence electrons. The molecule has 2 aromatic heterocycles. The first-order valence-corrected chi connectivity index (χ1v) is 7.27. The van der Waals surface area contributed by atoms with E-state index in [0.717, 1.165) is 32.9 Å². The average Bonchev–Trinajstić information content (AvgIpc) is 2.61. The van der Waals surface area contributed by atoms with Crippen LogP contribution in [0, 0.1) is 0 Å². The second-order valence-corrected chi connectivity index (χ2v) is 5.34. The third-order valence-corrected chi connectivity index (χ3v) is 3.93. The summed E-state index contributed by atoms with van der Waals surface area (Å²) in [5.74, 6) is -0.457. The van der Waals surface area contributed by atoms with E-state index in [-0.39, 0.29) is 0 Å². The minimum Gasteiger partial charge on any atom is -0.366 e. The molecule has 2 aromatic carbocycles. The quantitative estimate of drug-likeness (QED) is 0.575. The summed E-state index contributed by atoms with van der Waals surface area (Å²) in [6.45, 7) is 0. The topological polar surface area (TPSA) is 68.9 Å². The second kappa shape index (κ2) is 5.18. The molecule has 0 spiro atoms. The summed E-state index contributed by atoms with van der Waals surface area (Å²) in [5, 5.41) is 3.00. The number of nitrogens with two attached hydrogens (primary N) is 1. The Balaban J connectivity index is 2.13. The number of rotatable bonds is 2. The van der Waals surface area contributed by atoms with Gasteiger partial charge in [0, 0.05) is 39.7 Å². The number of hydrogen-bond acceptors (Lipinski definition) is 3. The second-order valence-electron chi connectivity index (χ2n) is 5.34. The highest BCUT2D eigenvalue weighted by Gasteiger charge is 2.11. The maximum atomic E-state index is 11.4. The third kappa shape index (κ3) is 2.21. The lowest BCUT2D eigenvalue weighted by Crippen LogP contribution is -2.10. The number of pyridine rings is 2. The Bertz CT molecular complexity index is 1040. The van der Waals surface area contributed by atoms with Gasteiger partial charge in [0.1, 0.15) is 0 Å². The molecular formula is C19H13N3O. The minimum absolute atomic E-state index is 0.451. The van der Waals surface area contributed by atoms with Gasteiger partial charge in [-0.2, -0.15) is 0 Å². The Morgan fingerprint density at radius 2 is 1.74 bits per heavy atom. The first-order valence-electron chi connectivity index (χ1n) is 7.27. The number of fused-ring (bicyclic) bond motifs is 3. The minimum atomic E-state index is -0.457. The van der Waals surface area contributed by atoms with Crippen LogP contribution in [-0.2, 0) is 0 Å². The number of aromatic nitrogens is 2. The Kier molecular flexibility index (Phi) is 3.01. The standard InChI is InChI=1S/C19H13N3O/c20-19(23)13-6-7-14-16-11-21-9-8-15(16)18(22-17(14)10-13)12-4-2-1-3-5-12/h1-11H,(H2,20,23). The van der Waals surface area contributed by atoms with Gasteiger partial charge in [-0.15, -0.1) is 0 Å². The molecule has 4 nitrogen and oxygen atoms in total. The van der Waals surface area contributed by atoms with Gasteiger partial charge in [-0.25, -0.2) is 4.98 Å². The highest BCUT2D eigenvalue weighted by Crippen LogP contribution is 2.31. The van der Waals surface area contributed by atoms with Crippen LogP contribution in [0.3, 0.4) is 0 Å². The van der Waals surface area contributed by atoms with Crippen LogP contribution in [0.15, 0.2) is 67.0 Å². The van der Waals surface area contributed by atoms with Crippen LogP contribution in [-0.4, -0.2) is 15.9 Å². The van der Waals surface area contributed by atoms with Crippen LogP contribution in [0.1, 0.15) is 10.4 Å². The zero-order valence-electron chi connectivity index (χ0n) is 12.2. The zero-order valence-corrected chi connectivity index (χ0v) is 12.2. The molecule has 0 atom stereocenters. The molecule has 4 heteroatoms. The molecule has 0 saturated carbocycles. The van der Waals surface area contributed by atoms with Crippen molar-refractivity contribution in [2.24, 2.45) is 5.73 Å². The van der Waals surface area contributed by atoms with Gasteiger partial charge in [0.25, 0.3) is 0 Å². The Morgan fingerprint density at radius 3 is 2.52 bits per heavy atom. The van der Waals surface area contributed by atoms with E-state index >= 15 is 0 Å². The van der Waals surface area contributed by atoms with E-state index in [1.807, 2.05) is 48.7 Å². The molecule has 0 aliphatic rings. The molecule has 4 rings (SSSR count). The predicted molar refractivity (Wildman–Crippen MR) is 91.0 cm³/mol. The van der Waals surface area contributed by atoms with Crippen LogP contribution < -0.4 is 5.73 Å². The van der Waals surface area contributed by atoms with Gasteiger partial charge < -0.3 is 5.73 Å². The smallest absolute Gasteiger partial charge is 0.248 e. The lowest BCUT2D eigenvalue weighted by molar-refractivity contribution is 0.100. The van der Waals surface area contributed by atoms with E-state index in [4.69, 9.17) is 10.7 Å². The van der Waals surface area contributed by atoms with Crippen LogP contribution in [0.2, 0.25) is 0 Å². The number of benzene rings is 2. The molecule has 2 heterocycles. The number of carbonyl (C=O) groups is 1. The van der Waals surface area contributed by atoms with Gasteiger partial charge in [-0.3, -0.25) is 9.78 Å². The Morgan fingerprint density at radius 1 is 0.913 bits per heavy atom. The van der Waals surface area contributed by atoms with Crippen molar-refractivity contribution in [2.75, 3.05) is 0 Å². The van der Waals surface area contributed by atoms with Crippen molar-refractivity contribution in [3.8, 4) is 11.3 Å². The van der Waals surface area contributed by atoms with Crippen molar-refractivity contribution in [1.82, 2.24) is 9.97 Å². The monoisotopic (exact) mass is 299 g/mol. The summed E-state index contributed by atoms with van der Waals surface area (Å²) >= 11 is 0. The maximum Gasteiger partial charge on any atom is 0.248 e. The Labute approximate surface area is 132 Å². The highest BCUT2D eigenvalue weighted by atomic mass is 16.1. The number of hydrogen-bond donors (Lipinski definition) is 1. The number of carbonyl (C=O) groups excluding carboxylic acids is 1. The average molecular weight is 299 g/mol. The largest absolute Gasteiger partial charge is 0.366 e. The van der Waals surface area contributed by atoms with Crippen LogP contribution >= 0.6 is 0 Å². The molecule has 0 radical (unpaired) electrons. The fraction of sp³-hybridized carbons (Fsp3) is 0. The molecule has 23 heavy (non-hydrogen) atoms. The summed E-state index contributed by atoms with van der Waals surface area (Å²) in [6, 6.07) is 17.3. The summed E-state index contributed by atoms with van der Waals surface area (Å²) in [4.78, 5) is 20.5. The lowest BCUT2D eigenvalue weighted by atomic mass is 10.0. The van der Waals surface area contributed by atoms with Gasteiger partial charge in [0.2, 0.25) is 5.91 Å². The molecular weight excluding hydrogens is 286 g/mol. The molecule has 0 aliphatic heterocycles. The molecule has 0 bridgehead atoms. The van der Waals surface area contributed by atoms with Crippen molar-refractivity contribution < 1.29 is 4.79 Å². The molecule has 0 fully saturated rings. The van der Waals surface area contributed by atoms with Gasteiger partial charge >= 0.3 is 0 Å². The molecule has 4 aromatic rings. The molecule has 0 saturated heterocycles. The summed E-state index contributed by atoms with van der Waals surface area (Å²) in [6.07, 6.45) is 3.59. The van der Waals surface area contributed by atoms with Gasteiger partial charge in [0.15, 0.2) is 0 Å². The van der Waals surface area contributed by atoms with E-state index in [2.05, 4.69) is 4.98 Å². The maximum absolute atomic E-state index is 11.4. The van der Waals surface area contributed by atoms with Gasteiger partial charge in [-0.05, 0) is 18.2 Å².